The standard InChI is InChI=1S/C50H89N5O32/c56-26(54(9-1-5-17-80-47-39(72)31(64)35(68)43(76)84-47)10-2-6-18-81-48-40(73)32(65)36(69)44(77)85-48)21-52(24-29(60)61)15-13-51(23-28(58)59)14-16-53(25-30(62)63)22-27(57)55(11-3-7-19-82-49-41(74)33(66)37(70)45(78)86-49)12-4-8-20-83-50-42(75)34(67)38(71)46(79)87-50/h31-50,64-79H,1-25H2,(H,58,59)(H,60,61)(H,62,63)/t31-,32-,33-,34-,35-,36-,37-,38-,39-,40-,41-,42-,43-,44-,45-,46-,47?,48?,49?,50?/m0/s1. The lowest BCUT2D eigenvalue weighted by Crippen LogP contribution is -2.58. The number of aliphatic hydroxyl groups excluding tert-OH is 16. The van der Waals surface area contributed by atoms with Crippen molar-refractivity contribution in [3.8, 4) is 0 Å². The van der Waals surface area contributed by atoms with Crippen LogP contribution in [0.2, 0.25) is 0 Å². The Morgan fingerprint density at radius 2 is 0.494 bits per heavy atom. The molecule has 0 spiro atoms. The second kappa shape index (κ2) is 38.2. The molecular weight excluding hydrogens is 1180 g/mol. The first-order valence-electron chi connectivity index (χ1n) is 28.5. The number of amides is 2. The monoisotopic (exact) mass is 1270 g/mol. The zero-order valence-electron chi connectivity index (χ0n) is 47.8. The summed E-state index contributed by atoms with van der Waals surface area (Å²) in [7, 11) is 0. The highest BCUT2D eigenvalue weighted by Crippen LogP contribution is 2.25. The molecule has 2 amide bonds. The minimum Gasteiger partial charge on any atom is -0.480 e. The van der Waals surface area contributed by atoms with Crippen molar-refractivity contribution < 1.29 is 159 Å². The van der Waals surface area contributed by atoms with E-state index in [0.717, 1.165) is 0 Å². The molecule has 0 aliphatic carbocycles. The Labute approximate surface area is 498 Å². The van der Waals surface area contributed by atoms with Gasteiger partial charge >= 0.3 is 17.9 Å². The third kappa shape index (κ3) is 24.8. The van der Waals surface area contributed by atoms with Crippen molar-refractivity contribution in [3.05, 3.63) is 0 Å². The molecule has 87 heavy (non-hydrogen) atoms. The van der Waals surface area contributed by atoms with Gasteiger partial charge in [0.15, 0.2) is 50.3 Å². The van der Waals surface area contributed by atoms with Gasteiger partial charge in [0.2, 0.25) is 11.8 Å². The van der Waals surface area contributed by atoms with Crippen LogP contribution in [-0.2, 0) is 61.9 Å². The number of carbonyl (C=O) groups is 5. The van der Waals surface area contributed by atoms with E-state index in [9.17, 15) is 121 Å². The van der Waals surface area contributed by atoms with Crippen LogP contribution in [0, 0.1) is 0 Å². The number of carboxylic acid groups (broad SMARTS) is 3. The van der Waals surface area contributed by atoms with Crippen LogP contribution < -0.4 is 0 Å². The number of hydrogen-bond donors (Lipinski definition) is 19. The first kappa shape index (κ1) is 75.7. The van der Waals surface area contributed by atoms with Crippen molar-refractivity contribution in [1.82, 2.24) is 24.5 Å². The van der Waals surface area contributed by atoms with Gasteiger partial charge < -0.3 is 145 Å². The maximum absolute atomic E-state index is 14.0. The molecule has 0 aromatic carbocycles. The lowest BCUT2D eigenvalue weighted by molar-refractivity contribution is -0.340. The van der Waals surface area contributed by atoms with E-state index < -0.39 is 186 Å². The number of aliphatic carboxylic acids is 3. The number of nitrogens with zero attached hydrogens (tertiary/aromatic N) is 5. The molecule has 19 N–H and O–H groups in total. The van der Waals surface area contributed by atoms with Crippen LogP contribution in [0.15, 0.2) is 0 Å². The summed E-state index contributed by atoms with van der Waals surface area (Å²) in [5.74, 6) is -5.23. The third-order valence-corrected chi connectivity index (χ3v) is 14.6. The van der Waals surface area contributed by atoms with Crippen LogP contribution in [0.5, 0.6) is 0 Å². The molecule has 20 atom stereocenters. The van der Waals surface area contributed by atoms with Crippen LogP contribution in [-0.4, -0.2) is 386 Å². The highest BCUT2D eigenvalue weighted by molar-refractivity contribution is 5.80. The molecule has 506 valence electrons. The molecule has 37 nitrogen and oxygen atoms in total. The normalized spacial score (nSPS) is 33.0. The van der Waals surface area contributed by atoms with Gasteiger partial charge in [-0.15, -0.1) is 0 Å². The van der Waals surface area contributed by atoms with Gasteiger partial charge in [-0.05, 0) is 51.4 Å². The number of unbranched alkanes of at least 4 members (excludes halogenated alkanes) is 4. The van der Waals surface area contributed by atoms with Crippen molar-refractivity contribution in [2.24, 2.45) is 0 Å². The maximum atomic E-state index is 14.0. The number of rotatable bonds is 40. The number of carbonyl (C=O) groups excluding carboxylic acids is 2. The van der Waals surface area contributed by atoms with E-state index in [1.54, 1.807) is 0 Å². The molecule has 4 aliphatic heterocycles. The van der Waals surface area contributed by atoms with E-state index in [4.69, 9.17) is 37.9 Å². The largest absolute Gasteiger partial charge is 0.480 e. The van der Waals surface area contributed by atoms with E-state index in [1.807, 2.05) is 0 Å². The molecule has 4 aliphatic rings. The average Bonchev–Trinajstić information content (AvgIpc) is 2.05. The summed E-state index contributed by atoms with van der Waals surface area (Å²) in [6.45, 7) is -4.35. The fourth-order valence-electron chi connectivity index (χ4n) is 9.43. The second-order valence-corrected chi connectivity index (χ2v) is 21.4. The second-order valence-electron chi connectivity index (χ2n) is 21.4. The first-order chi connectivity index (χ1) is 41.1. The summed E-state index contributed by atoms with van der Waals surface area (Å²) in [6.07, 6.45) is -33.0. The summed E-state index contributed by atoms with van der Waals surface area (Å²) in [5, 5.41) is 189. The van der Waals surface area contributed by atoms with Gasteiger partial charge in [-0.1, -0.05) is 0 Å². The Kier molecular flexibility index (Phi) is 33.2. The Balaban J connectivity index is 1.39. The first-order valence-corrected chi connectivity index (χ1v) is 28.5. The van der Waals surface area contributed by atoms with Gasteiger partial charge in [0.25, 0.3) is 0 Å². The highest BCUT2D eigenvalue weighted by atomic mass is 16.8. The summed E-state index contributed by atoms with van der Waals surface area (Å²) in [6, 6.07) is 0. The summed E-state index contributed by atoms with van der Waals surface area (Å²) in [5.41, 5.74) is 0. The molecule has 4 rings (SSSR count). The third-order valence-electron chi connectivity index (χ3n) is 14.6. The molecule has 4 fully saturated rings. The molecule has 0 aromatic rings. The van der Waals surface area contributed by atoms with E-state index in [2.05, 4.69) is 0 Å². The number of ether oxygens (including phenoxy) is 8. The molecule has 4 heterocycles. The van der Waals surface area contributed by atoms with E-state index in [-0.39, 0.29) is 130 Å². The SMILES string of the molecule is O=C(O)CN(CCN(CC(=O)O)CC(=O)N(CCCCOC1O[C@H](O)[C@@H](O)[C@H](O)[C@@H]1O)CCCCOC1O[C@H](O)[C@@H](O)[C@H](O)[C@@H]1O)CCN(CC(=O)O)CC(=O)N(CCCCOC1O[C@H](O)[C@@H](O)[C@H](O)[C@@H]1O)CCCCOC1O[C@H](O)[C@@H](O)[C@H](O)[C@@H]1O. The number of hydrogen-bond acceptors (Lipinski definition) is 32. The molecule has 0 aromatic heterocycles. The Hall–Kier alpha value is -3.73. The number of carboxylic acids is 3. The fourth-order valence-corrected chi connectivity index (χ4v) is 9.43. The quantitative estimate of drug-likeness (QED) is 0.0253. The van der Waals surface area contributed by atoms with Gasteiger partial charge in [-0.2, -0.15) is 0 Å². The van der Waals surface area contributed by atoms with Crippen LogP contribution in [0.3, 0.4) is 0 Å². The van der Waals surface area contributed by atoms with Crippen molar-refractivity contribution in [2.45, 2.75) is 175 Å². The van der Waals surface area contributed by atoms with E-state index >= 15 is 0 Å². The van der Waals surface area contributed by atoms with Crippen molar-refractivity contribution >= 4 is 29.7 Å². The molecule has 0 radical (unpaired) electrons. The zero-order valence-corrected chi connectivity index (χ0v) is 47.8. The van der Waals surface area contributed by atoms with Crippen molar-refractivity contribution in [3.63, 3.8) is 0 Å². The molecular formula is C50H89N5O32. The predicted molar refractivity (Wildman–Crippen MR) is 282 cm³/mol. The predicted octanol–water partition coefficient (Wildman–Crippen LogP) is -11.0. The molecule has 37 heteroatoms. The minimum absolute atomic E-state index is 0.0297. The molecule has 4 saturated heterocycles. The van der Waals surface area contributed by atoms with Gasteiger partial charge in [-0.25, -0.2) is 0 Å². The number of aliphatic hydroxyl groups is 16. The zero-order chi connectivity index (χ0) is 64.7. The molecule has 0 saturated carbocycles. The minimum atomic E-state index is -1.86. The van der Waals surface area contributed by atoms with Gasteiger partial charge in [-0.3, -0.25) is 38.7 Å². The van der Waals surface area contributed by atoms with Crippen LogP contribution in [0.4, 0.5) is 0 Å². The smallest absolute Gasteiger partial charge is 0.317 e. The lowest BCUT2D eigenvalue weighted by Gasteiger charge is -2.37. The summed E-state index contributed by atoms with van der Waals surface area (Å²) >= 11 is 0. The highest BCUT2D eigenvalue weighted by Gasteiger charge is 2.47. The van der Waals surface area contributed by atoms with Gasteiger partial charge in [0.1, 0.15) is 73.2 Å². The van der Waals surface area contributed by atoms with Crippen molar-refractivity contribution in [1.29, 1.82) is 0 Å². The van der Waals surface area contributed by atoms with Gasteiger partial charge in [0, 0.05) is 78.8 Å². The van der Waals surface area contributed by atoms with E-state index in [1.165, 1.54) is 24.5 Å². The topological polar surface area (TPSA) is 560 Å². The Morgan fingerprint density at radius 3 is 0.724 bits per heavy atom. The van der Waals surface area contributed by atoms with E-state index in [0.29, 0.717) is 0 Å². The summed E-state index contributed by atoms with van der Waals surface area (Å²) < 4.78 is 41.9. The van der Waals surface area contributed by atoms with Crippen molar-refractivity contribution in [2.75, 3.05) is 112 Å². The van der Waals surface area contributed by atoms with Crippen LogP contribution in [0.25, 0.3) is 0 Å². The van der Waals surface area contributed by atoms with Crippen LogP contribution >= 0.6 is 0 Å². The lowest BCUT2D eigenvalue weighted by atomic mass is 10.0. The Morgan fingerprint density at radius 1 is 0.276 bits per heavy atom. The maximum Gasteiger partial charge on any atom is 0.317 e. The molecule has 0 bridgehead atoms. The van der Waals surface area contributed by atoms with Gasteiger partial charge in [0.05, 0.1) is 32.7 Å². The fraction of sp³-hybridized carbons (Fsp3) is 0.900. The van der Waals surface area contributed by atoms with Crippen LogP contribution in [0.1, 0.15) is 51.4 Å². The average molecular weight is 1270 g/mol. The summed E-state index contributed by atoms with van der Waals surface area (Å²) in [4.78, 5) is 71.1. The molecule has 4 unspecified atom stereocenters. The Bertz CT molecular complexity index is 1830.